The molecule has 0 spiro atoms. The van der Waals surface area contributed by atoms with Crippen LogP contribution < -0.4 is 10.6 Å². The van der Waals surface area contributed by atoms with Gasteiger partial charge in [0.05, 0.1) is 22.7 Å². The van der Waals surface area contributed by atoms with Gasteiger partial charge in [-0.1, -0.05) is 42.3 Å². The molecule has 1 unspecified atom stereocenters. The molecule has 0 fully saturated rings. The van der Waals surface area contributed by atoms with Crippen molar-refractivity contribution in [1.29, 1.82) is 0 Å². The number of carbonyl (C=O) groups excluding carboxylic acids is 3. The van der Waals surface area contributed by atoms with E-state index >= 15 is 0 Å². The summed E-state index contributed by atoms with van der Waals surface area (Å²) < 4.78 is 4.63. The van der Waals surface area contributed by atoms with Crippen LogP contribution in [0.2, 0.25) is 10.0 Å². The second kappa shape index (κ2) is 10.1. The number of hydrogen-bond acceptors (Lipinski definition) is 5. The number of benzene rings is 2. The molecule has 29 heavy (non-hydrogen) atoms. The highest BCUT2D eigenvalue weighted by molar-refractivity contribution is 6.40. The summed E-state index contributed by atoms with van der Waals surface area (Å²) in [6.07, 6.45) is 0.323. The monoisotopic (exact) mass is 438 g/mol. The normalized spacial score (nSPS) is 11.4. The summed E-state index contributed by atoms with van der Waals surface area (Å²) in [6, 6.07) is 8.26. The zero-order chi connectivity index (χ0) is 21.6. The van der Waals surface area contributed by atoms with Crippen molar-refractivity contribution >= 4 is 41.0 Å². The van der Waals surface area contributed by atoms with Crippen LogP contribution in [0.3, 0.4) is 0 Å². The van der Waals surface area contributed by atoms with Gasteiger partial charge in [0.1, 0.15) is 11.8 Å². The Morgan fingerprint density at radius 2 is 1.76 bits per heavy atom. The lowest BCUT2D eigenvalue weighted by molar-refractivity contribution is -0.142. The molecule has 154 valence electrons. The van der Waals surface area contributed by atoms with E-state index in [2.05, 4.69) is 15.4 Å². The summed E-state index contributed by atoms with van der Waals surface area (Å²) in [6.45, 7) is 1.90. The summed E-state index contributed by atoms with van der Waals surface area (Å²) in [5, 5.41) is 14.6. The zero-order valence-corrected chi connectivity index (χ0v) is 17.3. The Labute approximate surface area is 178 Å². The van der Waals surface area contributed by atoms with Gasteiger partial charge < -0.3 is 20.5 Å². The molecule has 0 bridgehead atoms. The third-order valence-corrected chi connectivity index (χ3v) is 4.69. The number of aromatic hydroxyl groups is 1. The molecule has 1 atom stereocenters. The molecule has 0 saturated carbocycles. The summed E-state index contributed by atoms with van der Waals surface area (Å²) in [5.74, 6) is -1.60. The fourth-order valence-corrected chi connectivity index (χ4v) is 3.23. The third-order valence-electron chi connectivity index (χ3n) is 4.09. The topological polar surface area (TPSA) is 105 Å². The van der Waals surface area contributed by atoms with Crippen LogP contribution in [0.5, 0.6) is 5.75 Å². The molecule has 7 nitrogen and oxygen atoms in total. The van der Waals surface area contributed by atoms with Crippen LogP contribution in [-0.2, 0) is 16.1 Å². The van der Waals surface area contributed by atoms with Crippen molar-refractivity contribution in [1.82, 2.24) is 10.6 Å². The highest BCUT2D eigenvalue weighted by Gasteiger charge is 2.24. The number of carbonyl (C=O) groups is 3. The number of halogens is 2. The van der Waals surface area contributed by atoms with Crippen molar-refractivity contribution in [2.75, 3.05) is 7.11 Å². The number of phenolic OH excluding ortho intramolecular Hbond substituents is 1. The number of hydrogen-bond donors (Lipinski definition) is 3. The van der Waals surface area contributed by atoms with E-state index in [-0.39, 0.29) is 33.5 Å². The SMILES string of the molecule is CCC(NC(=O)c1c(Cl)cc(C(=O)NCc2cccc(O)c2)cc1Cl)C(=O)OC. The number of nitrogens with one attached hydrogen (secondary N) is 2. The quantitative estimate of drug-likeness (QED) is 0.575. The molecule has 3 N–H and O–H groups in total. The molecule has 2 aromatic rings. The van der Waals surface area contributed by atoms with E-state index in [9.17, 15) is 19.5 Å². The standard InChI is InChI=1S/C20H20Cl2N2O5/c1-3-16(20(28)29-2)24-19(27)17-14(21)8-12(9-15(17)22)18(26)23-10-11-5-4-6-13(25)7-11/h4-9,16,25H,3,10H2,1-2H3,(H,23,26)(H,24,27). The molecular weight excluding hydrogens is 419 g/mol. The Kier molecular flexibility index (Phi) is 7.87. The molecule has 0 aromatic heterocycles. The van der Waals surface area contributed by atoms with Crippen molar-refractivity contribution in [3.63, 3.8) is 0 Å². The van der Waals surface area contributed by atoms with Gasteiger partial charge in [0, 0.05) is 12.1 Å². The van der Waals surface area contributed by atoms with Crippen LogP contribution in [0.25, 0.3) is 0 Å². The molecule has 0 heterocycles. The van der Waals surface area contributed by atoms with Gasteiger partial charge in [-0.25, -0.2) is 4.79 Å². The predicted molar refractivity (Wildman–Crippen MR) is 109 cm³/mol. The lowest BCUT2D eigenvalue weighted by atomic mass is 10.1. The Balaban J connectivity index is 2.14. The highest BCUT2D eigenvalue weighted by Crippen LogP contribution is 2.27. The zero-order valence-electron chi connectivity index (χ0n) is 15.8. The van der Waals surface area contributed by atoms with E-state index in [0.29, 0.717) is 12.0 Å². The van der Waals surface area contributed by atoms with Crippen molar-refractivity contribution in [3.8, 4) is 5.75 Å². The maximum atomic E-state index is 12.5. The molecule has 0 aliphatic rings. The van der Waals surface area contributed by atoms with E-state index in [1.165, 1.54) is 31.4 Å². The molecule has 0 radical (unpaired) electrons. The number of phenols is 1. The molecule has 0 saturated heterocycles. The minimum atomic E-state index is -0.843. The van der Waals surface area contributed by atoms with Crippen LogP contribution in [0, 0.1) is 0 Å². The molecular formula is C20H20Cl2N2O5. The Morgan fingerprint density at radius 3 is 2.31 bits per heavy atom. The second-order valence-corrected chi connectivity index (χ2v) is 6.94. The number of esters is 1. The Hall–Kier alpha value is -2.77. The molecule has 0 aliphatic carbocycles. The van der Waals surface area contributed by atoms with Gasteiger partial charge in [-0.05, 0) is 36.2 Å². The van der Waals surface area contributed by atoms with Gasteiger partial charge in [0.2, 0.25) is 0 Å². The van der Waals surface area contributed by atoms with Gasteiger partial charge in [-0.3, -0.25) is 9.59 Å². The van der Waals surface area contributed by atoms with E-state index in [1.54, 1.807) is 19.1 Å². The van der Waals surface area contributed by atoms with Crippen LogP contribution >= 0.6 is 23.2 Å². The smallest absolute Gasteiger partial charge is 0.328 e. The van der Waals surface area contributed by atoms with Crippen LogP contribution in [0.15, 0.2) is 36.4 Å². The highest BCUT2D eigenvalue weighted by atomic mass is 35.5. The number of methoxy groups -OCH3 is 1. The van der Waals surface area contributed by atoms with Gasteiger partial charge in [0.15, 0.2) is 0 Å². The Bertz CT molecular complexity index is 910. The van der Waals surface area contributed by atoms with Crippen molar-refractivity contribution in [2.24, 2.45) is 0 Å². The molecule has 2 rings (SSSR count). The first-order valence-electron chi connectivity index (χ1n) is 8.70. The number of ether oxygens (including phenoxy) is 1. The summed E-state index contributed by atoms with van der Waals surface area (Å²) in [5.41, 5.74) is 0.830. The van der Waals surface area contributed by atoms with Crippen molar-refractivity contribution < 1.29 is 24.2 Å². The van der Waals surface area contributed by atoms with Crippen LogP contribution in [0.4, 0.5) is 0 Å². The van der Waals surface area contributed by atoms with Gasteiger partial charge in [-0.15, -0.1) is 0 Å². The fraction of sp³-hybridized carbons (Fsp3) is 0.250. The van der Waals surface area contributed by atoms with E-state index < -0.39 is 23.8 Å². The average molecular weight is 439 g/mol. The molecule has 9 heteroatoms. The lowest BCUT2D eigenvalue weighted by Crippen LogP contribution is -2.41. The van der Waals surface area contributed by atoms with Crippen LogP contribution in [0.1, 0.15) is 39.6 Å². The lowest BCUT2D eigenvalue weighted by Gasteiger charge is -2.16. The molecule has 0 aliphatic heterocycles. The summed E-state index contributed by atoms with van der Waals surface area (Å²) in [4.78, 5) is 36.5. The number of amides is 2. The fourth-order valence-electron chi connectivity index (χ4n) is 2.57. The average Bonchev–Trinajstić information content (AvgIpc) is 2.69. The van der Waals surface area contributed by atoms with Gasteiger partial charge >= 0.3 is 5.97 Å². The largest absolute Gasteiger partial charge is 0.508 e. The van der Waals surface area contributed by atoms with Crippen molar-refractivity contribution in [3.05, 3.63) is 63.1 Å². The third kappa shape index (κ3) is 5.85. The first-order chi connectivity index (χ1) is 13.8. The minimum absolute atomic E-state index is 0.0303. The Morgan fingerprint density at radius 1 is 1.10 bits per heavy atom. The first kappa shape index (κ1) is 22.5. The van der Waals surface area contributed by atoms with E-state index in [1.807, 2.05) is 0 Å². The van der Waals surface area contributed by atoms with Crippen molar-refractivity contribution in [2.45, 2.75) is 25.9 Å². The summed E-state index contributed by atoms with van der Waals surface area (Å²) in [7, 11) is 1.22. The minimum Gasteiger partial charge on any atom is -0.508 e. The van der Waals surface area contributed by atoms with Crippen LogP contribution in [-0.4, -0.2) is 36.0 Å². The van der Waals surface area contributed by atoms with Gasteiger partial charge in [0.25, 0.3) is 11.8 Å². The molecule has 2 aromatic carbocycles. The number of rotatable bonds is 7. The maximum absolute atomic E-state index is 12.5. The second-order valence-electron chi connectivity index (χ2n) is 6.12. The summed E-state index contributed by atoms with van der Waals surface area (Å²) >= 11 is 12.4. The first-order valence-corrected chi connectivity index (χ1v) is 9.46. The van der Waals surface area contributed by atoms with Gasteiger partial charge in [-0.2, -0.15) is 0 Å². The maximum Gasteiger partial charge on any atom is 0.328 e. The van der Waals surface area contributed by atoms with E-state index in [4.69, 9.17) is 23.2 Å². The molecule has 2 amide bonds. The predicted octanol–water partition coefficient (Wildman–Crippen LogP) is 3.31. The van der Waals surface area contributed by atoms with E-state index in [0.717, 1.165) is 0 Å².